The predicted octanol–water partition coefficient (Wildman–Crippen LogP) is 2.71. The molecule has 3 aromatic rings. The summed E-state index contributed by atoms with van der Waals surface area (Å²) in [6.07, 6.45) is 0. The molecule has 3 rings (SSSR count). The van der Waals surface area contributed by atoms with Gasteiger partial charge in [0.1, 0.15) is 18.0 Å². The summed E-state index contributed by atoms with van der Waals surface area (Å²) in [7, 11) is 1.60. The van der Waals surface area contributed by atoms with Gasteiger partial charge in [-0.1, -0.05) is 12.1 Å². The number of aromatic nitrogens is 3. The van der Waals surface area contributed by atoms with Gasteiger partial charge in [-0.25, -0.2) is 9.67 Å². The number of thiazole rings is 1. The molecular weight excluding hydrogens is 364 g/mol. The van der Waals surface area contributed by atoms with Crippen LogP contribution < -0.4 is 10.3 Å². The number of carbonyl (C=O) groups is 1. The number of ether oxygens (including phenoxy) is 1. The van der Waals surface area contributed by atoms with Crippen molar-refractivity contribution in [3.63, 3.8) is 0 Å². The van der Waals surface area contributed by atoms with Crippen molar-refractivity contribution in [2.24, 2.45) is 0 Å². The van der Waals surface area contributed by atoms with Gasteiger partial charge in [0.15, 0.2) is 5.52 Å². The maximum Gasteiger partial charge on any atom is 0.294 e. The van der Waals surface area contributed by atoms with E-state index in [1.807, 2.05) is 45.0 Å². The molecule has 0 aliphatic heterocycles. The van der Waals surface area contributed by atoms with Crippen LogP contribution in [-0.2, 0) is 11.3 Å². The number of amides is 1. The normalized spacial score (nSPS) is 11.0. The predicted molar refractivity (Wildman–Crippen MR) is 106 cm³/mol. The molecule has 0 radical (unpaired) electrons. The lowest BCUT2D eigenvalue weighted by molar-refractivity contribution is -0.131. The van der Waals surface area contributed by atoms with Gasteiger partial charge in [-0.15, -0.1) is 11.3 Å². The second kappa shape index (κ2) is 7.87. The Labute approximate surface area is 161 Å². The number of aryl methyl sites for hydroxylation is 1. The van der Waals surface area contributed by atoms with Gasteiger partial charge in [0.2, 0.25) is 5.91 Å². The Hall–Kier alpha value is -2.74. The molecule has 0 N–H and O–H groups in total. The third kappa shape index (κ3) is 3.71. The van der Waals surface area contributed by atoms with Crippen molar-refractivity contribution in [3.8, 4) is 17.0 Å². The third-order valence-electron chi connectivity index (χ3n) is 4.35. The molecule has 0 saturated heterocycles. The largest absolute Gasteiger partial charge is 0.497 e. The highest BCUT2D eigenvalue weighted by Gasteiger charge is 2.19. The first-order chi connectivity index (χ1) is 13.0. The summed E-state index contributed by atoms with van der Waals surface area (Å²) in [6.45, 7) is 6.74. The van der Waals surface area contributed by atoms with E-state index in [9.17, 15) is 9.59 Å². The second-order valence-corrected chi connectivity index (χ2v) is 7.22. The quantitative estimate of drug-likeness (QED) is 0.651. The van der Waals surface area contributed by atoms with Gasteiger partial charge >= 0.3 is 0 Å². The number of nitrogens with zero attached hydrogens (tertiary/aromatic N) is 4. The first kappa shape index (κ1) is 19.0. The number of fused-ring (bicyclic) bond motifs is 1. The molecule has 1 aromatic carbocycles. The number of benzene rings is 1. The average Bonchev–Trinajstić information content (AvgIpc) is 3.07. The van der Waals surface area contributed by atoms with E-state index in [0.717, 1.165) is 15.3 Å². The Balaban J connectivity index is 2.17. The van der Waals surface area contributed by atoms with Crippen LogP contribution in [0.1, 0.15) is 18.9 Å². The minimum absolute atomic E-state index is 0.107. The van der Waals surface area contributed by atoms with E-state index < -0.39 is 0 Å². The summed E-state index contributed by atoms with van der Waals surface area (Å²) in [5.74, 6) is 0.554. The van der Waals surface area contributed by atoms with E-state index in [1.54, 1.807) is 12.0 Å². The summed E-state index contributed by atoms with van der Waals surface area (Å²) >= 11 is 1.42. The zero-order chi connectivity index (χ0) is 19.6. The molecule has 0 aliphatic rings. The van der Waals surface area contributed by atoms with Crippen LogP contribution >= 0.6 is 11.3 Å². The number of likely N-dealkylation sites (N-methyl/N-ethyl adjacent to an activating group) is 1. The fourth-order valence-electron chi connectivity index (χ4n) is 2.94. The summed E-state index contributed by atoms with van der Waals surface area (Å²) in [5, 5.41) is 5.30. The second-order valence-electron chi connectivity index (χ2n) is 6.02. The standard InChI is InChI=1S/C19H22N4O3S/c1-5-22(6-2)15(24)11-23-19(25)17-18(27-12(3)20-17)16(21-23)13-8-7-9-14(10-13)26-4/h7-10H,5-6,11H2,1-4H3. The zero-order valence-corrected chi connectivity index (χ0v) is 16.7. The van der Waals surface area contributed by atoms with Crippen molar-refractivity contribution in [3.05, 3.63) is 39.6 Å². The number of hydrogen-bond donors (Lipinski definition) is 0. The van der Waals surface area contributed by atoms with Crippen molar-refractivity contribution in [2.45, 2.75) is 27.3 Å². The van der Waals surface area contributed by atoms with Gasteiger partial charge in [-0.05, 0) is 32.9 Å². The topological polar surface area (TPSA) is 77.3 Å². The van der Waals surface area contributed by atoms with Crippen LogP contribution in [0.3, 0.4) is 0 Å². The monoisotopic (exact) mass is 386 g/mol. The third-order valence-corrected chi connectivity index (χ3v) is 5.33. The summed E-state index contributed by atoms with van der Waals surface area (Å²) < 4.78 is 7.24. The molecular formula is C19H22N4O3S. The van der Waals surface area contributed by atoms with Crippen molar-refractivity contribution < 1.29 is 9.53 Å². The Bertz CT molecular complexity index is 1040. The number of rotatable bonds is 6. The van der Waals surface area contributed by atoms with Crippen LogP contribution in [0.4, 0.5) is 0 Å². The Morgan fingerprint density at radius 3 is 2.70 bits per heavy atom. The maximum atomic E-state index is 12.8. The molecule has 0 unspecified atom stereocenters. The highest BCUT2D eigenvalue weighted by Crippen LogP contribution is 2.31. The highest BCUT2D eigenvalue weighted by atomic mass is 32.1. The average molecular weight is 386 g/mol. The zero-order valence-electron chi connectivity index (χ0n) is 15.9. The van der Waals surface area contributed by atoms with Crippen molar-refractivity contribution >= 4 is 27.5 Å². The lowest BCUT2D eigenvalue weighted by atomic mass is 10.1. The number of carbonyl (C=O) groups excluding carboxylic acids is 1. The fourth-order valence-corrected chi connectivity index (χ4v) is 3.85. The van der Waals surface area contributed by atoms with Crippen LogP contribution in [-0.4, -0.2) is 45.8 Å². The Morgan fingerprint density at radius 2 is 2.04 bits per heavy atom. The van der Waals surface area contributed by atoms with Crippen molar-refractivity contribution in [2.75, 3.05) is 20.2 Å². The van der Waals surface area contributed by atoms with Gasteiger partial charge in [0.05, 0.1) is 16.8 Å². The van der Waals surface area contributed by atoms with Crippen LogP contribution in [0, 0.1) is 6.92 Å². The van der Waals surface area contributed by atoms with Crippen LogP contribution in [0.2, 0.25) is 0 Å². The molecule has 7 nitrogen and oxygen atoms in total. The molecule has 2 heterocycles. The van der Waals surface area contributed by atoms with E-state index >= 15 is 0 Å². The molecule has 0 spiro atoms. The fraction of sp³-hybridized carbons (Fsp3) is 0.368. The summed E-state index contributed by atoms with van der Waals surface area (Å²) in [5.41, 5.74) is 1.44. The van der Waals surface area contributed by atoms with E-state index in [1.165, 1.54) is 16.0 Å². The number of methoxy groups -OCH3 is 1. The van der Waals surface area contributed by atoms with E-state index in [2.05, 4.69) is 10.1 Å². The highest BCUT2D eigenvalue weighted by molar-refractivity contribution is 7.19. The van der Waals surface area contributed by atoms with Crippen molar-refractivity contribution in [1.29, 1.82) is 0 Å². The van der Waals surface area contributed by atoms with E-state index in [-0.39, 0.29) is 18.0 Å². The van der Waals surface area contributed by atoms with Gasteiger partial charge in [-0.2, -0.15) is 5.10 Å². The van der Waals surface area contributed by atoms with Crippen molar-refractivity contribution in [1.82, 2.24) is 19.7 Å². The molecule has 2 aromatic heterocycles. The van der Waals surface area contributed by atoms with E-state index in [4.69, 9.17) is 4.74 Å². The maximum absolute atomic E-state index is 12.8. The Morgan fingerprint density at radius 1 is 1.30 bits per heavy atom. The van der Waals surface area contributed by atoms with E-state index in [0.29, 0.717) is 30.0 Å². The summed E-state index contributed by atoms with van der Waals surface area (Å²) in [6, 6.07) is 7.48. The summed E-state index contributed by atoms with van der Waals surface area (Å²) in [4.78, 5) is 31.4. The molecule has 142 valence electrons. The molecule has 1 amide bonds. The molecule has 0 saturated carbocycles. The first-order valence-electron chi connectivity index (χ1n) is 8.78. The lowest BCUT2D eigenvalue weighted by Crippen LogP contribution is -2.37. The van der Waals surface area contributed by atoms with Crippen LogP contribution in [0.5, 0.6) is 5.75 Å². The van der Waals surface area contributed by atoms with Crippen LogP contribution in [0.25, 0.3) is 21.5 Å². The van der Waals surface area contributed by atoms with Gasteiger partial charge in [0, 0.05) is 18.7 Å². The minimum atomic E-state index is -0.346. The Kier molecular flexibility index (Phi) is 5.55. The SMILES string of the molecule is CCN(CC)C(=O)Cn1nc(-c2cccc(OC)c2)c2sc(C)nc2c1=O. The minimum Gasteiger partial charge on any atom is -0.497 e. The molecule has 0 bridgehead atoms. The van der Waals surface area contributed by atoms with Gasteiger partial charge < -0.3 is 9.64 Å². The van der Waals surface area contributed by atoms with Crippen LogP contribution in [0.15, 0.2) is 29.1 Å². The molecule has 8 heteroatoms. The number of hydrogen-bond acceptors (Lipinski definition) is 6. The first-order valence-corrected chi connectivity index (χ1v) is 9.60. The molecule has 27 heavy (non-hydrogen) atoms. The smallest absolute Gasteiger partial charge is 0.294 e. The molecule has 0 fully saturated rings. The van der Waals surface area contributed by atoms with Gasteiger partial charge in [-0.3, -0.25) is 9.59 Å². The molecule has 0 aliphatic carbocycles. The molecule has 0 atom stereocenters. The lowest BCUT2D eigenvalue weighted by Gasteiger charge is -2.19. The van der Waals surface area contributed by atoms with Gasteiger partial charge in [0.25, 0.3) is 5.56 Å².